The number of halogens is 2. The molecule has 0 bridgehead atoms. The number of hydrogen-bond acceptors (Lipinski definition) is 3. The van der Waals surface area contributed by atoms with E-state index in [1.54, 1.807) is 24.3 Å². The summed E-state index contributed by atoms with van der Waals surface area (Å²) in [6.45, 7) is 4.35. The van der Waals surface area contributed by atoms with Crippen LogP contribution >= 0.6 is 23.2 Å². The molecule has 0 saturated heterocycles. The Balaban J connectivity index is 2.07. The maximum absolute atomic E-state index is 9.77. The molecule has 0 atom stereocenters. The van der Waals surface area contributed by atoms with Gasteiger partial charge in [0.05, 0.1) is 11.1 Å². The Hall–Kier alpha value is -1.58. The van der Waals surface area contributed by atoms with Gasteiger partial charge in [-0.25, -0.2) is 0 Å². The normalized spacial score (nSPS) is 10.7. The molecule has 5 heteroatoms. The third-order valence-corrected chi connectivity index (χ3v) is 3.35. The molecular formula is C16H17Cl2NO2. The molecule has 21 heavy (non-hydrogen) atoms. The maximum atomic E-state index is 9.77. The Kier molecular flexibility index (Phi) is 5.21. The summed E-state index contributed by atoms with van der Waals surface area (Å²) in [7, 11) is 0. The second kappa shape index (κ2) is 6.92. The zero-order chi connectivity index (χ0) is 15.4. The van der Waals surface area contributed by atoms with Crippen molar-refractivity contribution in [1.82, 2.24) is 0 Å². The zero-order valence-corrected chi connectivity index (χ0v) is 13.4. The molecule has 0 aliphatic heterocycles. The van der Waals surface area contributed by atoms with Crippen LogP contribution in [0.15, 0.2) is 36.4 Å². The van der Waals surface area contributed by atoms with E-state index in [1.165, 1.54) is 0 Å². The van der Waals surface area contributed by atoms with Crippen molar-refractivity contribution in [3.8, 4) is 11.5 Å². The molecule has 0 aliphatic carbocycles. The summed E-state index contributed by atoms with van der Waals surface area (Å²) >= 11 is 12.1. The molecule has 0 saturated carbocycles. The van der Waals surface area contributed by atoms with Crippen molar-refractivity contribution < 1.29 is 9.84 Å². The van der Waals surface area contributed by atoms with Gasteiger partial charge in [-0.1, -0.05) is 23.2 Å². The topological polar surface area (TPSA) is 41.5 Å². The molecule has 112 valence electrons. The highest BCUT2D eigenvalue weighted by Gasteiger charge is 2.06. The van der Waals surface area contributed by atoms with E-state index in [-0.39, 0.29) is 11.9 Å². The number of hydrogen-bond donors (Lipinski definition) is 2. The van der Waals surface area contributed by atoms with Crippen LogP contribution in [-0.4, -0.2) is 11.2 Å². The van der Waals surface area contributed by atoms with Crippen LogP contribution in [0.2, 0.25) is 10.0 Å². The minimum atomic E-state index is 0.0738. The van der Waals surface area contributed by atoms with Crippen LogP contribution in [0.25, 0.3) is 0 Å². The maximum Gasteiger partial charge on any atom is 0.138 e. The zero-order valence-electron chi connectivity index (χ0n) is 11.9. The first-order valence-electron chi connectivity index (χ1n) is 6.63. The summed E-state index contributed by atoms with van der Waals surface area (Å²) in [5.74, 6) is 0.862. The average Bonchev–Trinajstić information content (AvgIpc) is 2.42. The molecule has 0 radical (unpaired) electrons. The van der Waals surface area contributed by atoms with Gasteiger partial charge in [-0.05, 0) is 50.2 Å². The Morgan fingerprint density at radius 2 is 1.90 bits per heavy atom. The predicted octanol–water partition coefficient (Wildman–Crippen LogP) is 5.10. The summed E-state index contributed by atoms with van der Waals surface area (Å²) in [5.41, 5.74) is 1.57. The summed E-state index contributed by atoms with van der Waals surface area (Å²) in [5, 5.41) is 14.1. The predicted molar refractivity (Wildman–Crippen MR) is 87.7 cm³/mol. The van der Waals surface area contributed by atoms with E-state index in [2.05, 4.69) is 5.32 Å². The second-order valence-corrected chi connectivity index (χ2v) is 5.78. The SMILES string of the molecule is CC(C)Oc1ccc(NCc2cc(Cl)ccc2O)cc1Cl. The fourth-order valence-electron chi connectivity index (χ4n) is 1.85. The first-order chi connectivity index (χ1) is 9.95. The minimum absolute atomic E-state index is 0.0738. The minimum Gasteiger partial charge on any atom is -0.508 e. The molecule has 0 unspecified atom stereocenters. The molecule has 2 aromatic carbocycles. The lowest BCUT2D eigenvalue weighted by molar-refractivity contribution is 0.242. The highest BCUT2D eigenvalue weighted by atomic mass is 35.5. The molecule has 0 aromatic heterocycles. The first-order valence-corrected chi connectivity index (χ1v) is 7.39. The first kappa shape index (κ1) is 15.8. The second-order valence-electron chi connectivity index (χ2n) is 4.94. The quantitative estimate of drug-likeness (QED) is 0.803. The van der Waals surface area contributed by atoms with Gasteiger partial charge in [-0.15, -0.1) is 0 Å². The Labute approximate surface area is 134 Å². The number of benzene rings is 2. The highest BCUT2D eigenvalue weighted by molar-refractivity contribution is 6.32. The van der Waals surface area contributed by atoms with Crippen LogP contribution < -0.4 is 10.1 Å². The average molecular weight is 326 g/mol. The Bertz CT molecular complexity index is 630. The molecule has 2 N–H and O–H groups in total. The van der Waals surface area contributed by atoms with Gasteiger partial charge in [-0.2, -0.15) is 0 Å². The lowest BCUT2D eigenvalue weighted by Gasteiger charge is -2.13. The monoisotopic (exact) mass is 325 g/mol. The van der Waals surface area contributed by atoms with Crippen molar-refractivity contribution in [2.24, 2.45) is 0 Å². The van der Waals surface area contributed by atoms with Crippen LogP contribution in [-0.2, 0) is 6.54 Å². The van der Waals surface area contributed by atoms with Crippen molar-refractivity contribution >= 4 is 28.9 Å². The van der Waals surface area contributed by atoms with Crippen molar-refractivity contribution in [3.63, 3.8) is 0 Å². The van der Waals surface area contributed by atoms with E-state index in [9.17, 15) is 5.11 Å². The molecule has 0 heterocycles. The third-order valence-electron chi connectivity index (χ3n) is 2.82. The van der Waals surface area contributed by atoms with Crippen molar-refractivity contribution in [3.05, 3.63) is 52.0 Å². The van der Waals surface area contributed by atoms with Gasteiger partial charge in [0, 0.05) is 22.8 Å². The van der Waals surface area contributed by atoms with Gasteiger partial charge in [0.15, 0.2) is 0 Å². The van der Waals surface area contributed by atoms with E-state index in [1.807, 2.05) is 26.0 Å². The molecule has 0 fully saturated rings. The Morgan fingerprint density at radius 1 is 1.14 bits per heavy atom. The largest absolute Gasteiger partial charge is 0.508 e. The number of anilines is 1. The molecule has 0 spiro atoms. The molecule has 3 nitrogen and oxygen atoms in total. The lowest BCUT2D eigenvalue weighted by atomic mass is 10.2. The van der Waals surface area contributed by atoms with E-state index < -0.39 is 0 Å². The van der Waals surface area contributed by atoms with Gasteiger partial charge in [0.1, 0.15) is 11.5 Å². The summed E-state index contributed by atoms with van der Waals surface area (Å²) < 4.78 is 5.58. The van der Waals surface area contributed by atoms with Crippen molar-refractivity contribution in [2.75, 3.05) is 5.32 Å². The van der Waals surface area contributed by atoms with Gasteiger partial charge in [-0.3, -0.25) is 0 Å². The van der Waals surface area contributed by atoms with Crippen LogP contribution in [0.4, 0.5) is 5.69 Å². The number of phenolic OH excluding ortho intramolecular Hbond substituents is 1. The molecule has 2 aromatic rings. The molecule has 2 rings (SSSR count). The van der Waals surface area contributed by atoms with Crippen molar-refractivity contribution in [1.29, 1.82) is 0 Å². The van der Waals surface area contributed by atoms with Gasteiger partial charge < -0.3 is 15.2 Å². The number of phenols is 1. The van der Waals surface area contributed by atoms with Crippen LogP contribution in [0.1, 0.15) is 19.4 Å². The highest BCUT2D eigenvalue weighted by Crippen LogP contribution is 2.29. The summed E-state index contributed by atoms with van der Waals surface area (Å²) in [4.78, 5) is 0. The molecular weight excluding hydrogens is 309 g/mol. The molecule has 0 aliphatic rings. The Morgan fingerprint density at radius 3 is 2.57 bits per heavy atom. The number of aromatic hydroxyl groups is 1. The summed E-state index contributed by atoms with van der Waals surface area (Å²) in [6, 6.07) is 10.4. The van der Waals surface area contributed by atoms with E-state index >= 15 is 0 Å². The standard InChI is InChI=1S/C16H17Cl2NO2/c1-10(2)21-16-6-4-13(8-14(16)18)19-9-11-7-12(17)3-5-15(11)20/h3-8,10,19-20H,9H2,1-2H3. The number of rotatable bonds is 5. The van der Waals surface area contributed by atoms with Gasteiger partial charge >= 0.3 is 0 Å². The van der Waals surface area contributed by atoms with Crippen LogP contribution in [0.3, 0.4) is 0 Å². The fourth-order valence-corrected chi connectivity index (χ4v) is 2.27. The summed E-state index contributed by atoms with van der Waals surface area (Å²) in [6.07, 6.45) is 0.0738. The number of ether oxygens (including phenoxy) is 1. The molecule has 0 amide bonds. The van der Waals surface area contributed by atoms with Crippen LogP contribution in [0, 0.1) is 0 Å². The smallest absolute Gasteiger partial charge is 0.138 e. The number of nitrogens with one attached hydrogen (secondary N) is 1. The van der Waals surface area contributed by atoms with Crippen molar-refractivity contribution in [2.45, 2.75) is 26.5 Å². The third kappa shape index (κ3) is 4.45. The fraction of sp³-hybridized carbons (Fsp3) is 0.250. The van der Waals surface area contributed by atoms with Crippen LogP contribution in [0.5, 0.6) is 11.5 Å². The van der Waals surface area contributed by atoms with E-state index in [4.69, 9.17) is 27.9 Å². The lowest BCUT2D eigenvalue weighted by Crippen LogP contribution is -2.06. The van der Waals surface area contributed by atoms with E-state index in [0.29, 0.717) is 22.3 Å². The van der Waals surface area contributed by atoms with Gasteiger partial charge in [0.2, 0.25) is 0 Å². The van der Waals surface area contributed by atoms with Gasteiger partial charge in [0.25, 0.3) is 0 Å². The van der Waals surface area contributed by atoms with E-state index in [0.717, 1.165) is 11.3 Å².